The van der Waals surface area contributed by atoms with Crippen LogP contribution in [0.15, 0.2) is 42.5 Å². The molecule has 0 aromatic heterocycles. The molecule has 0 aliphatic carbocycles. The van der Waals surface area contributed by atoms with Crippen molar-refractivity contribution in [1.29, 1.82) is 0 Å². The Bertz CT molecular complexity index is 720. The van der Waals surface area contributed by atoms with Crippen molar-refractivity contribution in [3.05, 3.63) is 48.0 Å². The predicted molar refractivity (Wildman–Crippen MR) is 104 cm³/mol. The molecule has 0 saturated heterocycles. The number of phenolic OH excluding ortho intramolecular Hbond substituents is 1. The second-order valence-corrected chi connectivity index (χ2v) is 6.14. The smallest absolute Gasteiger partial charge is 0.161 e. The second-order valence-electron chi connectivity index (χ2n) is 6.14. The van der Waals surface area contributed by atoms with E-state index in [-0.39, 0.29) is 19.0 Å². The van der Waals surface area contributed by atoms with Crippen LogP contribution in [0.1, 0.15) is 24.5 Å². The molecule has 0 bridgehead atoms. The molecular formula is C21H28O7. The molecule has 2 unspecified atom stereocenters. The van der Waals surface area contributed by atoms with Crippen LogP contribution >= 0.6 is 0 Å². The normalized spacial score (nSPS) is 13.0. The van der Waals surface area contributed by atoms with Crippen molar-refractivity contribution in [3.63, 3.8) is 0 Å². The van der Waals surface area contributed by atoms with Crippen molar-refractivity contribution in [2.45, 2.75) is 25.0 Å². The molecule has 0 fully saturated rings. The Hall–Kier alpha value is -2.48. The summed E-state index contributed by atoms with van der Waals surface area (Å²) in [5.41, 5.74) is 0.688. The monoisotopic (exact) mass is 392 g/mol. The summed E-state index contributed by atoms with van der Waals surface area (Å²) in [6, 6.07) is 12.0. The number of phenols is 1. The van der Waals surface area contributed by atoms with Gasteiger partial charge in [0.1, 0.15) is 6.10 Å². The van der Waals surface area contributed by atoms with Crippen LogP contribution in [0.5, 0.6) is 23.0 Å². The van der Waals surface area contributed by atoms with Crippen molar-refractivity contribution in [1.82, 2.24) is 0 Å². The summed E-state index contributed by atoms with van der Waals surface area (Å²) < 4.78 is 22.5. The van der Waals surface area contributed by atoms with Crippen molar-refractivity contribution in [3.8, 4) is 23.0 Å². The van der Waals surface area contributed by atoms with E-state index < -0.39 is 12.2 Å². The molecule has 0 amide bonds. The molecule has 2 aromatic rings. The van der Waals surface area contributed by atoms with Gasteiger partial charge in [-0.25, -0.2) is 0 Å². The van der Waals surface area contributed by atoms with Gasteiger partial charge in [0.15, 0.2) is 29.1 Å². The van der Waals surface area contributed by atoms with E-state index in [1.807, 2.05) is 12.1 Å². The minimum atomic E-state index is -0.723. The lowest BCUT2D eigenvalue weighted by Gasteiger charge is -2.28. The lowest BCUT2D eigenvalue weighted by molar-refractivity contribution is -0.0503. The summed E-state index contributed by atoms with van der Waals surface area (Å²) in [4.78, 5) is 0. The van der Waals surface area contributed by atoms with Gasteiger partial charge in [0.05, 0.1) is 20.8 Å². The fraction of sp³-hybridized carbons (Fsp3) is 0.429. The van der Waals surface area contributed by atoms with E-state index in [0.717, 1.165) is 0 Å². The number of benzene rings is 2. The number of aliphatic hydroxyl groups is 2. The van der Waals surface area contributed by atoms with Crippen molar-refractivity contribution in [2.75, 3.05) is 34.0 Å². The predicted octanol–water partition coefficient (Wildman–Crippen LogP) is 2.68. The van der Waals surface area contributed by atoms with Crippen LogP contribution in [0.2, 0.25) is 0 Å². The zero-order valence-corrected chi connectivity index (χ0v) is 16.2. The minimum absolute atomic E-state index is 0.0106. The summed E-state index contributed by atoms with van der Waals surface area (Å²) >= 11 is 0. The van der Waals surface area contributed by atoms with Gasteiger partial charge in [-0.15, -0.1) is 0 Å². The zero-order valence-electron chi connectivity index (χ0n) is 16.2. The molecule has 2 rings (SSSR count). The minimum Gasteiger partial charge on any atom is -0.504 e. The highest BCUT2D eigenvalue weighted by Gasteiger charge is 2.27. The number of rotatable bonds is 12. The molecular weight excluding hydrogens is 364 g/mol. The van der Waals surface area contributed by atoms with Crippen LogP contribution in [-0.2, 0) is 4.74 Å². The number of aromatic hydroxyl groups is 1. The van der Waals surface area contributed by atoms with Crippen molar-refractivity contribution in [2.24, 2.45) is 0 Å². The van der Waals surface area contributed by atoms with Gasteiger partial charge in [-0.1, -0.05) is 18.2 Å². The lowest BCUT2D eigenvalue weighted by Crippen LogP contribution is -2.31. The lowest BCUT2D eigenvalue weighted by atomic mass is 10.0. The van der Waals surface area contributed by atoms with Crippen LogP contribution in [0.3, 0.4) is 0 Å². The highest BCUT2D eigenvalue weighted by molar-refractivity contribution is 5.43. The van der Waals surface area contributed by atoms with Gasteiger partial charge in [-0.05, 0) is 42.7 Å². The Labute approximate surface area is 165 Å². The number of aliphatic hydroxyl groups excluding tert-OH is 2. The van der Waals surface area contributed by atoms with E-state index in [4.69, 9.17) is 24.1 Å². The molecule has 0 aliphatic rings. The first-order valence-corrected chi connectivity index (χ1v) is 9.14. The summed E-state index contributed by atoms with van der Waals surface area (Å²) in [5, 5.41) is 28.8. The van der Waals surface area contributed by atoms with Gasteiger partial charge >= 0.3 is 0 Å². The first-order chi connectivity index (χ1) is 13.6. The molecule has 2 aromatic carbocycles. The Morgan fingerprint density at radius 3 is 2.25 bits per heavy atom. The van der Waals surface area contributed by atoms with Gasteiger partial charge in [-0.2, -0.15) is 0 Å². The van der Waals surface area contributed by atoms with Crippen molar-refractivity contribution >= 4 is 0 Å². The van der Waals surface area contributed by atoms with E-state index >= 15 is 0 Å². The van der Waals surface area contributed by atoms with E-state index in [1.54, 1.807) is 31.4 Å². The Morgan fingerprint density at radius 2 is 1.61 bits per heavy atom. The summed E-state index contributed by atoms with van der Waals surface area (Å²) in [6.45, 7) is 0.161. The summed E-state index contributed by atoms with van der Waals surface area (Å²) in [7, 11) is 3.01. The van der Waals surface area contributed by atoms with Gasteiger partial charge < -0.3 is 34.3 Å². The van der Waals surface area contributed by atoms with E-state index in [9.17, 15) is 10.2 Å². The molecule has 154 valence electrons. The first kappa shape index (κ1) is 21.8. The number of unbranched alkanes of at least 4 members (excludes halogenated alkanes) is 1. The molecule has 0 aliphatic heterocycles. The van der Waals surface area contributed by atoms with Gasteiger partial charge in [0.25, 0.3) is 0 Å². The molecule has 0 radical (unpaired) electrons. The highest BCUT2D eigenvalue weighted by Crippen LogP contribution is 2.35. The average Bonchev–Trinajstić information content (AvgIpc) is 2.73. The van der Waals surface area contributed by atoms with Crippen LogP contribution in [0.25, 0.3) is 0 Å². The Morgan fingerprint density at radius 1 is 0.893 bits per heavy atom. The SMILES string of the molecule is COc1cc(C(OCCCCO)C(CO)Oc2ccccc2OC)ccc1O. The molecule has 7 nitrogen and oxygen atoms in total. The molecule has 7 heteroatoms. The van der Waals surface area contributed by atoms with Gasteiger partial charge in [0.2, 0.25) is 0 Å². The zero-order chi connectivity index (χ0) is 20.4. The highest BCUT2D eigenvalue weighted by atomic mass is 16.6. The third kappa shape index (κ3) is 5.76. The maximum absolute atomic E-state index is 10.0. The molecule has 28 heavy (non-hydrogen) atoms. The summed E-state index contributed by atoms with van der Waals surface area (Å²) in [6.07, 6.45) is -0.0691. The second kappa shape index (κ2) is 11.4. The largest absolute Gasteiger partial charge is 0.504 e. The number of ether oxygens (including phenoxy) is 4. The van der Waals surface area contributed by atoms with Crippen LogP contribution in [0.4, 0.5) is 0 Å². The number of hydrogen-bond acceptors (Lipinski definition) is 7. The topological polar surface area (TPSA) is 97.6 Å². The quantitative estimate of drug-likeness (QED) is 0.478. The summed E-state index contributed by atoms with van der Waals surface area (Å²) in [5.74, 6) is 1.34. The van der Waals surface area contributed by atoms with Crippen LogP contribution < -0.4 is 14.2 Å². The number of para-hydroxylation sites is 2. The van der Waals surface area contributed by atoms with Crippen LogP contribution in [-0.4, -0.2) is 55.5 Å². The van der Waals surface area contributed by atoms with E-state index in [0.29, 0.717) is 42.3 Å². The van der Waals surface area contributed by atoms with Crippen molar-refractivity contribution < 1.29 is 34.3 Å². The molecule has 2 atom stereocenters. The fourth-order valence-electron chi connectivity index (χ4n) is 2.79. The van der Waals surface area contributed by atoms with E-state index in [2.05, 4.69) is 0 Å². The molecule has 0 spiro atoms. The molecule has 3 N–H and O–H groups in total. The Kier molecular flexibility index (Phi) is 8.87. The maximum Gasteiger partial charge on any atom is 0.161 e. The number of methoxy groups -OCH3 is 2. The molecule has 0 heterocycles. The van der Waals surface area contributed by atoms with E-state index in [1.165, 1.54) is 13.2 Å². The third-order valence-corrected chi connectivity index (χ3v) is 4.25. The third-order valence-electron chi connectivity index (χ3n) is 4.25. The maximum atomic E-state index is 10.0. The van der Waals surface area contributed by atoms with Crippen LogP contribution in [0, 0.1) is 0 Å². The van der Waals surface area contributed by atoms with Gasteiger partial charge in [0, 0.05) is 13.2 Å². The fourth-order valence-corrected chi connectivity index (χ4v) is 2.79. The molecule has 0 saturated carbocycles. The first-order valence-electron chi connectivity index (χ1n) is 9.14. The average molecular weight is 392 g/mol. The van der Waals surface area contributed by atoms with Gasteiger partial charge in [-0.3, -0.25) is 0 Å². The Balaban J connectivity index is 2.29. The standard InChI is InChI=1S/C21H28O7/c1-25-17-7-3-4-8-18(17)28-20(14-23)21(27-12-6-5-11-22)15-9-10-16(24)19(13-15)26-2/h3-4,7-10,13,20-24H,5-6,11-12,14H2,1-2H3. The number of hydrogen-bond donors (Lipinski definition) is 3.